The lowest BCUT2D eigenvalue weighted by Gasteiger charge is -2.24. The fourth-order valence-electron chi connectivity index (χ4n) is 2.86. The van der Waals surface area contributed by atoms with E-state index >= 15 is 0 Å². The molecule has 0 fully saturated rings. The number of ether oxygens (including phenoxy) is 2. The highest BCUT2D eigenvalue weighted by Gasteiger charge is 2.21. The minimum absolute atomic E-state index is 0. The Morgan fingerprint density at radius 3 is 2.26 bits per heavy atom. The Labute approximate surface area is 168 Å². The number of hydrogen-bond donors (Lipinski definition) is 1. The summed E-state index contributed by atoms with van der Waals surface area (Å²) in [5.41, 5.74) is 1.95. The summed E-state index contributed by atoms with van der Waals surface area (Å²) >= 11 is 0. The molecule has 0 amide bonds. The van der Waals surface area contributed by atoms with Crippen molar-refractivity contribution in [3.05, 3.63) is 59.7 Å². The lowest BCUT2D eigenvalue weighted by Crippen LogP contribution is -2.30. The Hall–Kier alpha value is -1.76. The average molecular weight is 414 g/mol. The van der Waals surface area contributed by atoms with Crippen LogP contribution in [0.2, 0.25) is 0 Å². The molecule has 0 aliphatic carbocycles. The normalized spacial score (nSPS) is 13.3. The molecule has 2 unspecified atom stereocenters. The van der Waals surface area contributed by atoms with E-state index in [2.05, 4.69) is 5.32 Å². The molecule has 0 heterocycles. The lowest BCUT2D eigenvalue weighted by molar-refractivity contribution is 0.310. The van der Waals surface area contributed by atoms with E-state index in [1.54, 1.807) is 7.11 Å². The Bertz CT molecular complexity index is 812. The molecule has 1 N–H and O–H groups in total. The molecule has 7 heteroatoms. The highest BCUT2D eigenvalue weighted by Crippen LogP contribution is 2.31. The van der Waals surface area contributed by atoms with Crippen molar-refractivity contribution in [1.82, 2.24) is 5.32 Å². The Morgan fingerprint density at radius 1 is 1.04 bits per heavy atom. The maximum atomic E-state index is 12.0. The highest BCUT2D eigenvalue weighted by molar-refractivity contribution is 7.90. The Kier molecular flexibility index (Phi) is 9.09. The summed E-state index contributed by atoms with van der Waals surface area (Å²) in [6, 6.07) is 15.1. The topological polar surface area (TPSA) is 64.6 Å². The second-order valence-electron chi connectivity index (χ2n) is 6.29. The first-order chi connectivity index (χ1) is 12.3. The highest BCUT2D eigenvalue weighted by atomic mass is 35.5. The van der Waals surface area contributed by atoms with E-state index in [1.165, 1.54) is 6.26 Å². The fourth-order valence-corrected chi connectivity index (χ4v) is 3.76. The SMILES string of the molecule is CCOc1cc(C(CS(C)(=O)=O)NC(C)c2ccccc2)ccc1OC.Cl. The first-order valence-electron chi connectivity index (χ1n) is 8.63. The Balaban J connectivity index is 0.00000364. The van der Waals surface area contributed by atoms with Gasteiger partial charge in [0.05, 0.1) is 19.5 Å². The molecular weight excluding hydrogens is 386 g/mol. The third-order valence-corrected chi connectivity index (χ3v) is 5.05. The summed E-state index contributed by atoms with van der Waals surface area (Å²) in [5, 5.41) is 3.44. The van der Waals surface area contributed by atoms with E-state index in [0.717, 1.165) is 11.1 Å². The molecule has 2 atom stereocenters. The maximum absolute atomic E-state index is 12.0. The molecule has 27 heavy (non-hydrogen) atoms. The van der Waals surface area contributed by atoms with Crippen molar-refractivity contribution in [1.29, 1.82) is 0 Å². The number of hydrogen-bond acceptors (Lipinski definition) is 5. The molecule has 0 aliphatic rings. The third-order valence-electron chi connectivity index (χ3n) is 4.11. The van der Waals surface area contributed by atoms with Gasteiger partial charge in [-0.2, -0.15) is 0 Å². The van der Waals surface area contributed by atoms with E-state index in [-0.39, 0.29) is 30.2 Å². The molecule has 0 spiro atoms. The summed E-state index contributed by atoms with van der Waals surface area (Å²) in [6.45, 7) is 4.43. The molecule has 0 radical (unpaired) electrons. The predicted octanol–water partition coefficient (Wildman–Crippen LogP) is 3.95. The van der Waals surface area contributed by atoms with Crippen LogP contribution in [0.4, 0.5) is 0 Å². The van der Waals surface area contributed by atoms with Gasteiger partial charge in [-0.25, -0.2) is 8.42 Å². The van der Waals surface area contributed by atoms with Gasteiger partial charge in [0, 0.05) is 18.3 Å². The van der Waals surface area contributed by atoms with Gasteiger partial charge in [0.2, 0.25) is 0 Å². The second kappa shape index (κ2) is 10.5. The van der Waals surface area contributed by atoms with E-state index in [9.17, 15) is 8.42 Å². The van der Waals surface area contributed by atoms with Crippen molar-refractivity contribution in [2.45, 2.75) is 25.9 Å². The quantitative estimate of drug-likeness (QED) is 0.674. The van der Waals surface area contributed by atoms with Gasteiger partial charge in [0.25, 0.3) is 0 Å². The number of halogens is 1. The summed E-state index contributed by atoms with van der Waals surface area (Å²) in [4.78, 5) is 0. The molecule has 0 saturated carbocycles. The molecule has 2 aromatic carbocycles. The maximum Gasteiger partial charge on any atom is 0.161 e. The van der Waals surface area contributed by atoms with Crippen LogP contribution in [0.5, 0.6) is 11.5 Å². The largest absolute Gasteiger partial charge is 0.493 e. The fraction of sp³-hybridized carbons (Fsp3) is 0.400. The third kappa shape index (κ3) is 7.05. The summed E-state index contributed by atoms with van der Waals surface area (Å²) < 4.78 is 34.9. The van der Waals surface area contributed by atoms with Crippen molar-refractivity contribution in [3.8, 4) is 11.5 Å². The van der Waals surface area contributed by atoms with Gasteiger partial charge in [-0.05, 0) is 37.1 Å². The summed E-state index contributed by atoms with van der Waals surface area (Å²) in [7, 11) is -1.59. The van der Waals surface area contributed by atoms with Gasteiger partial charge in [-0.15, -0.1) is 12.4 Å². The van der Waals surface area contributed by atoms with Crippen LogP contribution in [0.3, 0.4) is 0 Å². The molecule has 0 saturated heterocycles. The van der Waals surface area contributed by atoms with Gasteiger partial charge in [0.1, 0.15) is 9.84 Å². The molecule has 2 rings (SSSR count). The molecule has 150 valence electrons. The zero-order valence-corrected chi connectivity index (χ0v) is 17.8. The molecule has 0 aromatic heterocycles. The summed E-state index contributed by atoms with van der Waals surface area (Å²) in [6.07, 6.45) is 1.25. The van der Waals surface area contributed by atoms with E-state index in [4.69, 9.17) is 9.47 Å². The van der Waals surface area contributed by atoms with Crippen molar-refractivity contribution < 1.29 is 17.9 Å². The summed E-state index contributed by atoms with van der Waals surface area (Å²) in [5.74, 6) is 1.24. The van der Waals surface area contributed by atoms with Crippen LogP contribution in [-0.4, -0.2) is 34.1 Å². The molecule has 0 aliphatic heterocycles. The van der Waals surface area contributed by atoms with E-state index < -0.39 is 9.84 Å². The smallest absolute Gasteiger partial charge is 0.161 e. The zero-order valence-electron chi connectivity index (χ0n) is 16.1. The van der Waals surface area contributed by atoms with Gasteiger partial charge in [0.15, 0.2) is 11.5 Å². The average Bonchev–Trinajstić information content (AvgIpc) is 2.61. The van der Waals surface area contributed by atoms with Gasteiger partial charge in [-0.3, -0.25) is 0 Å². The number of benzene rings is 2. The zero-order chi connectivity index (χ0) is 19.2. The first-order valence-corrected chi connectivity index (χ1v) is 10.7. The van der Waals surface area contributed by atoms with Crippen LogP contribution >= 0.6 is 12.4 Å². The van der Waals surface area contributed by atoms with Crippen molar-refractivity contribution in [3.63, 3.8) is 0 Å². The standard InChI is InChI=1S/C20H27NO4S.ClH/c1-5-25-20-13-17(11-12-19(20)24-3)18(14-26(4,22)23)21-15(2)16-9-7-6-8-10-16;/h6-13,15,18,21H,5,14H2,1-4H3;1H. The molecule has 5 nitrogen and oxygen atoms in total. The van der Waals surface area contributed by atoms with Crippen LogP contribution in [0, 0.1) is 0 Å². The number of rotatable bonds is 9. The van der Waals surface area contributed by atoms with Crippen LogP contribution in [0.25, 0.3) is 0 Å². The minimum Gasteiger partial charge on any atom is -0.493 e. The molecule has 0 bridgehead atoms. The molecular formula is C20H28ClNO4S. The van der Waals surface area contributed by atoms with Gasteiger partial charge in [-0.1, -0.05) is 36.4 Å². The van der Waals surface area contributed by atoms with Crippen molar-refractivity contribution >= 4 is 22.2 Å². The minimum atomic E-state index is -3.17. The number of sulfone groups is 1. The second-order valence-corrected chi connectivity index (χ2v) is 8.47. The van der Waals surface area contributed by atoms with Gasteiger partial charge < -0.3 is 14.8 Å². The van der Waals surface area contributed by atoms with Gasteiger partial charge >= 0.3 is 0 Å². The van der Waals surface area contributed by atoms with Crippen LogP contribution < -0.4 is 14.8 Å². The number of nitrogens with one attached hydrogen (secondary N) is 1. The van der Waals surface area contributed by atoms with E-state index in [0.29, 0.717) is 18.1 Å². The van der Waals surface area contributed by atoms with Crippen molar-refractivity contribution in [2.75, 3.05) is 25.7 Å². The monoisotopic (exact) mass is 413 g/mol. The van der Waals surface area contributed by atoms with Crippen LogP contribution in [-0.2, 0) is 9.84 Å². The first kappa shape index (κ1) is 23.3. The van der Waals surface area contributed by atoms with Crippen molar-refractivity contribution in [2.24, 2.45) is 0 Å². The van der Waals surface area contributed by atoms with E-state index in [1.807, 2.05) is 62.4 Å². The molecule has 2 aromatic rings. The number of methoxy groups -OCH3 is 1. The van der Waals surface area contributed by atoms with Crippen LogP contribution in [0.15, 0.2) is 48.5 Å². The Morgan fingerprint density at radius 2 is 1.70 bits per heavy atom. The predicted molar refractivity (Wildman–Crippen MR) is 112 cm³/mol. The van der Waals surface area contributed by atoms with Crippen LogP contribution in [0.1, 0.15) is 37.1 Å². The lowest BCUT2D eigenvalue weighted by atomic mass is 10.0.